The first-order valence-electron chi connectivity index (χ1n) is 51.2. The predicted octanol–water partition coefficient (Wildman–Crippen LogP) is 4.01. The number of ether oxygens (including phenoxy) is 12. The van der Waals surface area contributed by atoms with Crippen LogP contribution in [0.5, 0.6) is 5.75 Å². The van der Waals surface area contributed by atoms with Gasteiger partial charge in [0.15, 0.2) is 25.2 Å². The van der Waals surface area contributed by atoms with Gasteiger partial charge in [0.1, 0.15) is 42.8 Å². The fourth-order valence-corrected chi connectivity index (χ4v) is 18.0. The van der Waals surface area contributed by atoms with Crippen LogP contribution in [0.3, 0.4) is 0 Å². The number of hydrogen-bond donors (Lipinski definition) is 13. The molecule has 5 aliphatic heterocycles. The van der Waals surface area contributed by atoms with Crippen molar-refractivity contribution in [2.75, 3.05) is 85.4 Å². The van der Waals surface area contributed by atoms with Crippen LogP contribution >= 0.6 is 0 Å². The van der Waals surface area contributed by atoms with Gasteiger partial charge in [0, 0.05) is 194 Å². The summed E-state index contributed by atoms with van der Waals surface area (Å²) in [5, 5.41) is 36.8. The van der Waals surface area contributed by atoms with E-state index in [-0.39, 0.29) is 218 Å². The van der Waals surface area contributed by atoms with E-state index in [0.29, 0.717) is 96.3 Å². The lowest BCUT2D eigenvalue weighted by molar-refractivity contribution is -0.256. The summed E-state index contributed by atoms with van der Waals surface area (Å²) < 4.78 is 72.2. The monoisotopic (exact) mass is 2040 g/mol. The van der Waals surface area contributed by atoms with Gasteiger partial charge in [-0.25, -0.2) is 0 Å². The van der Waals surface area contributed by atoms with Gasteiger partial charge in [-0.15, -0.1) is 0 Å². The molecule has 44 heteroatoms. The summed E-state index contributed by atoms with van der Waals surface area (Å²) >= 11 is 0. The Hall–Kier alpha value is -10.9. The van der Waals surface area contributed by atoms with E-state index < -0.39 is 169 Å². The Kier molecular flexibility index (Phi) is 54.9. The molecule has 13 N–H and O–H groups in total. The summed E-state index contributed by atoms with van der Waals surface area (Å²) in [6.45, 7) is 26.9. The van der Waals surface area contributed by atoms with Crippen LogP contribution in [0, 0.1) is 29.6 Å². The van der Waals surface area contributed by atoms with Gasteiger partial charge >= 0.3 is 17.9 Å². The molecular weight excluding hydrogens is 1880 g/mol. The number of carbonyl (C=O) groups is 18. The molecule has 44 nitrogen and oxygen atoms in total. The molecule has 1 aromatic rings. The highest BCUT2D eigenvalue weighted by Crippen LogP contribution is 2.37. The van der Waals surface area contributed by atoms with Crippen molar-refractivity contribution in [3.8, 4) is 5.75 Å². The van der Waals surface area contributed by atoms with Gasteiger partial charge in [-0.05, 0) is 146 Å². The van der Waals surface area contributed by atoms with Crippen LogP contribution < -0.4 is 73.9 Å². The molecule has 0 aromatic heterocycles. The molecule has 22 atom stereocenters. The Labute approximate surface area is 844 Å². The first-order chi connectivity index (χ1) is 68.7. The van der Waals surface area contributed by atoms with E-state index in [9.17, 15) is 86.3 Å². The summed E-state index contributed by atoms with van der Waals surface area (Å²) in [6.07, 6.45) is 3.04. The Bertz CT molecular complexity index is 4360. The number of nitrogens with zero attached hydrogens (tertiary/aromatic N) is 1. The van der Waals surface area contributed by atoms with Gasteiger partial charge < -0.3 is 126 Å². The van der Waals surface area contributed by atoms with E-state index in [0.717, 1.165) is 23.5 Å². The number of amides is 15. The molecule has 4 fully saturated rings. The average Bonchev–Trinajstić information content (AvgIpc) is 1.04. The zero-order chi connectivity index (χ0) is 106. The molecule has 0 bridgehead atoms. The number of unbranched alkanes of at least 4 members (excludes halogenated alkanes) is 6. The highest BCUT2D eigenvalue weighted by molar-refractivity contribution is 6.13. The van der Waals surface area contributed by atoms with E-state index in [1.807, 2.05) is 55.4 Å². The molecule has 5 aliphatic rings. The van der Waals surface area contributed by atoms with Crippen LogP contribution in [-0.4, -0.2) is 301 Å². The number of carbonyl (C=O) groups excluding carboxylic acids is 18. The number of nitrogens with one attached hydrogen (secondary N) is 13. The van der Waals surface area contributed by atoms with Gasteiger partial charge in [-0.1, -0.05) is 62.3 Å². The van der Waals surface area contributed by atoms with Crippen molar-refractivity contribution in [3.05, 3.63) is 41.5 Å². The highest BCUT2D eigenvalue weighted by Gasteiger charge is 2.50. The molecule has 15 amide bonds. The summed E-state index contributed by atoms with van der Waals surface area (Å²) in [6, 6.07) is -0.474. The third kappa shape index (κ3) is 42.6. The maximum atomic E-state index is 14.2. The lowest BCUT2D eigenvalue weighted by Crippen LogP contribution is -2.61. The van der Waals surface area contributed by atoms with E-state index in [1.54, 1.807) is 0 Å². The minimum atomic E-state index is -1.09. The van der Waals surface area contributed by atoms with Crippen molar-refractivity contribution in [2.24, 2.45) is 29.6 Å². The smallest absolute Gasteiger partial charge is 0.303 e. The Morgan fingerprint density at radius 2 is 0.646 bits per heavy atom. The first kappa shape index (κ1) is 122. The minimum absolute atomic E-state index is 0.00203. The third-order valence-corrected chi connectivity index (χ3v) is 25.9. The second-order valence-corrected chi connectivity index (χ2v) is 37.4. The molecule has 0 radical (unpaired) electrons. The molecule has 20 unspecified atom stereocenters. The van der Waals surface area contributed by atoms with Gasteiger partial charge in [0.25, 0.3) is 23.6 Å². The Morgan fingerprint density at radius 3 is 0.979 bits per heavy atom. The molecule has 1 aromatic carbocycles. The molecule has 810 valence electrons. The third-order valence-electron chi connectivity index (χ3n) is 25.9. The zero-order valence-electron chi connectivity index (χ0n) is 86.7. The van der Waals surface area contributed by atoms with E-state index in [1.165, 1.54) is 66.7 Å². The molecule has 4 saturated heterocycles. The number of benzene rings is 1. The van der Waals surface area contributed by atoms with Gasteiger partial charge in [0.2, 0.25) is 65.0 Å². The van der Waals surface area contributed by atoms with Crippen molar-refractivity contribution < 1.29 is 143 Å². The highest BCUT2D eigenvalue weighted by atomic mass is 16.7. The topological polar surface area (TPSA) is 578 Å². The largest absolute Gasteiger partial charge is 0.492 e. The van der Waals surface area contributed by atoms with E-state index in [2.05, 4.69) is 76.0 Å². The average molecular weight is 2040 g/mol. The molecule has 5 heterocycles. The van der Waals surface area contributed by atoms with Crippen LogP contribution in [0.1, 0.15) is 279 Å². The van der Waals surface area contributed by atoms with Crippen LogP contribution in [0.4, 0.5) is 0 Å². The van der Waals surface area contributed by atoms with E-state index in [4.69, 9.17) is 56.8 Å². The van der Waals surface area contributed by atoms with Crippen molar-refractivity contribution in [1.82, 2.24) is 74.0 Å². The Balaban J connectivity index is 1.08. The first-order valence-corrected chi connectivity index (χ1v) is 51.2. The molecule has 0 aliphatic carbocycles. The number of hydrogen-bond acceptors (Lipinski definition) is 30. The van der Waals surface area contributed by atoms with Crippen molar-refractivity contribution >= 4 is 107 Å². The maximum Gasteiger partial charge on any atom is 0.303 e. The van der Waals surface area contributed by atoms with Crippen molar-refractivity contribution in [3.63, 3.8) is 0 Å². The summed E-state index contributed by atoms with van der Waals surface area (Å²) in [5.74, 6) is -9.06. The maximum absolute atomic E-state index is 14.2. The lowest BCUT2D eigenvalue weighted by Gasteiger charge is -2.44. The fraction of sp³-hybridized carbons (Fsp3) is 0.740. The normalized spacial score (nSPS) is 24.8. The number of rotatable bonds is 64. The summed E-state index contributed by atoms with van der Waals surface area (Å²) in [5.41, 5.74) is -0.169. The van der Waals surface area contributed by atoms with Crippen LogP contribution in [0.2, 0.25) is 0 Å². The molecule has 0 spiro atoms. The standard InChI is InChI=1S/C100H160N14O30/c1-17-75-58(5)59(6)86(108-63(10)115)97(141-75)134-52-31-25-37-82(125)112-73(33-21-27-42-101-79(122)35-23-29-50-135-98-87(109-64(11)116)60(7)90(138-67(14)119)76(18-2)142-98)95(131)106-46-44-104-93(129)70-55-71(57-72(56-70)133-54-48-103-81(124)41-49-114-84(127)39-40-85(114)128)94(130)105-45-47-107-96(132)74(113-83(126)38-26-32-53-137-100-89(111-66(13)118)62(9)92(140-69(16)121)78(20-4)144-100)34-22-28-43-102-80(123)36-24-30-51-136-99-88(110-65(12)117)61(8)91(139-68(15)120)77(19-3)143-99/h39-40,55-62,73-78,86-92,97-100H,17-38,41-54H2,1-16H3,(H,101,122)(H,102,123)(H,103,124)(H,104,129)(H,105,130)(H,106,131)(H,107,132)(H,108,115)(H,109,116)(H,110,117)(H,111,118)(H,112,125)(H,113,126)/t58?,59?,60?,61?,62?,73-,74-,75?,76?,77?,78?,86?,87?,88?,89?,90?,91?,92?,97?,98?,99?,100?/m0/s1. The second kappa shape index (κ2) is 64.9. The molecule has 144 heavy (non-hydrogen) atoms. The van der Waals surface area contributed by atoms with Crippen molar-refractivity contribution in [2.45, 2.75) is 363 Å². The number of imide groups is 1. The lowest BCUT2D eigenvalue weighted by atomic mass is 9.81. The summed E-state index contributed by atoms with van der Waals surface area (Å²) in [4.78, 5) is 234. The zero-order valence-corrected chi connectivity index (χ0v) is 86.7. The molecule has 0 saturated carbocycles. The van der Waals surface area contributed by atoms with E-state index >= 15 is 0 Å². The van der Waals surface area contributed by atoms with Crippen molar-refractivity contribution in [1.29, 1.82) is 0 Å². The van der Waals surface area contributed by atoms with Crippen LogP contribution in [0.25, 0.3) is 0 Å². The molecule has 6 rings (SSSR count). The SMILES string of the molecule is CCC1OC(OCCCCC(=O)N[C@@H](CCCCNC(=O)CCCCOC2OC(CC)C(OC(C)=O)C(C)C2NC(C)=O)C(=O)NCCNC(=O)c2cc(OCCNC(=O)CCN3C(=O)C=CC3=O)cc(C(=O)NCCNC(=O)[C@H](CCCCNC(=O)CCCCOC3OC(CC)C(OC(C)=O)C(C)C3NC(C)=O)NC(=O)CCCCOC3OC(CC)C(OC(C)=O)C(C)C3NC(C)=O)c2)C(NC(C)=O)C(C)C1C. The van der Waals surface area contributed by atoms with Crippen LogP contribution in [0.15, 0.2) is 30.4 Å². The molecular formula is C100H160N14O30. The number of esters is 3. The fourth-order valence-electron chi connectivity index (χ4n) is 18.0. The van der Waals surface area contributed by atoms with Gasteiger partial charge in [-0.3, -0.25) is 91.2 Å². The predicted molar refractivity (Wildman–Crippen MR) is 522 cm³/mol. The minimum Gasteiger partial charge on any atom is -0.492 e. The van der Waals surface area contributed by atoms with Crippen LogP contribution in [-0.2, 0) is 129 Å². The van der Waals surface area contributed by atoms with Gasteiger partial charge in [0.05, 0.1) is 55.1 Å². The quantitative estimate of drug-likeness (QED) is 0.0190. The second-order valence-electron chi connectivity index (χ2n) is 37.4. The Morgan fingerprint density at radius 1 is 0.333 bits per heavy atom. The van der Waals surface area contributed by atoms with Gasteiger partial charge in [-0.2, -0.15) is 0 Å². The summed E-state index contributed by atoms with van der Waals surface area (Å²) in [7, 11) is 0.